The molecule has 0 amide bonds. The molecule has 15 rings (SSSR count). The number of benzene rings is 9. The summed E-state index contributed by atoms with van der Waals surface area (Å²) in [4.78, 5) is 2.55. The summed E-state index contributed by atoms with van der Waals surface area (Å²) in [5.41, 5.74) is 16.2. The Morgan fingerprint density at radius 2 is 1.08 bits per heavy atom. The average Bonchev–Trinajstić information content (AvgIpc) is 3.86. The Morgan fingerprint density at radius 3 is 1.84 bits per heavy atom. The van der Waals surface area contributed by atoms with Crippen molar-refractivity contribution in [3.8, 4) is 27.9 Å². The molecule has 9 aromatic carbocycles. The van der Waals surface area contributed by atoms with Crippen LogP contribution < -0.4 is 4.90 Å². The Morgan fingerprint density at radius 1 is 0.469 bits per heavy atom. The van der Waals surface area contributed by atoms with Crippen LogP contribution >= 0.6 is 0 Å². The third-order valence-electron chi connectivity index (χ3n) is 16.8. The van der Waals surface area contributed by atoms with Crippen LogP contribution in [0, 0.1) is 23.2 Å². The van der Waals surface area contributed by atoms with Crippen molar-refractivity contribution in [3.63, 3.8) is 0 Å². The fraction of sp³-hybridized carbons (Fsp3) is 0.148. The number of anilines is 3. The minimum atomic E-state index is 0.307. The summed E-state index contributed by atoms with van der Waals surface area (Å²) in [5.74, 6) is 2.79. The molecule has 0 bridgehead atoms. The van der Waals surface area contributed by atoms with Crippen molar-refractivity contribution in [2.24, 2.45) is 23.2 Å². The number of aromatic nitrogens is 1. The van der Waals surface area contributed by atoms with E-state index in [9.17, 15) is 0 Å². The molecule has 4 saturated carbocycles. The number of furan rings is 1. The van der Waals surface area contributed by atoms with Gasteiger partial charge in [0, 0.05) is 55.1 Å². The van der Waals surface area contributed by atoms with Crippen molar-refractivity contribution in [3.05, 3.63) is 206 Å². The Balaban J connectivity index is 0.868. The van der Waals surface area contributed by atoms with Gasteiger partial charge in [-0.2, -0.15) is 0 Å². The topological polar surface area (TPSA) is 21.3 Å². The van der Waals surface area contributed by atoms with Gasteiger partial charge in [0.15, 0.2) is 0 Å². The smallest absolute Gasteiger partial charge is 0.143 e. The second kappa shape index (κ2) is 12.6. The van der Waals surface area contributed by atoms with E-state index >= 15 is 0 Å². The number of para-hydroxylation sites is 5. The average molecular weight is 821 g/mol. The van der Waals surface area contributed by atoms with Gasteiger partial charge in [-0.3, -0.25) is 0 Å². The molecule has 304 valence electrons. The zero-order chi connectivity index (χ0) is 41.7. The Labute approximate surface area is 371 Å². The first-order valence-electron chi connectivity index (χ1n) is 23.2. The lowest BCUT2D eigenvalue weighted by Crippen LogP contribution is -2.87. The standard InChI is InChI=1S/C61H44N2O/c1-2-13-41-33-57-52(32-40(41)12-1)49-15-4-8-21-55(49)63(57)54-20-7-3-14-47(54)38-24-28-45(29-25-38)62(56-22-9-6-19-53(56)60-36-43-34-42-35-44(37-60)61(42,43)60)46-30-26-39(27-31-46)48-17-11-18-51-50-16-5-10-23-58(50)64-59(48)51/h1-33,42-44H,34-37H2/t42-,43-,44?,60-,61?/m1/s1. The molecule has 0 saturated heterocycles. The van der Waals surface area contributed by atoms with Crippen LogP contribution in [-0.4, -0.2) is 4.57 Å². The second-order valence-corrected chi connectivity index (χ2v) is 19.3. The highest BCUT2D eigenvalue weighted by Gasteiger charge is 2.88. The first-order chi connectivity index (χ1) is 31.7. The van der Waals surface area contributed by atoms with Crippen molar-refractivity contribution >= 4 is 71.6 Å². The number of hydrogen-bond donors (Lipinski definition) is 0. The van der Waals surface area contributed by atoms with E-state index in [2.05, 4.69) is 204 Å². The Bertz CT molecular complexity index is 3690. The van der Waals surface area contributed by atoms with E-state index in [4.69, 9.17) is 4.42 Å². The summed E-state index contributed by atoms with van der Waals surface area (Å²) >= 11 is 0. The van der Waals surface area contributed by atoms with Gasteiger partial charge in [-0.1, -0.05) is 140 Å². The molecule has 4 fully saturated rings. The van der Waals surface area contributed by atoms with Gasteiger partial charge in [-0.25, -0.2) is 0 Å². The molecule has 2 unspecified atom stereocenters. The zero-order valence-electron chi connectivity index (χ0n) is 35.4. The predicted molar refractivity (Wildman–Crippen MR) is 264 cm³/mol. The number of rotatable bonds is 7. The van der Waals surface area contributed by atoms with E-state index in [1.165, 1.54) is 86.5 Å². The predicted octanol–water partition coefficient (Wildman–Crippen LogP) is 16.3. The van der Waals surface area contributed by atoms with Gasteiger partial charge in [0.25, 0.3) is 0 Å². The highest BCUT2D eigenvalue weighted by atomic mass is 16.3. The van der Waals surface area contributed by atoms with Crippen LogP contribution in [0.5, 0.6) is 0 Å². The first kappa shape index (κ1) is 35.1. The fourth-order valence-corrected chi connectivity index (χ4v) is 14.3. The van der Waals surface area contributed by atoms with Gasteiger partial charge in [-0.05, 0) is 137 Å². The first-order valence-corrected chi connectivity index (χ1v) is 23.2. The molecule has 4 aliphatic carbocycles. The van der Waals surface area contributed by atoms with Crippen LogP contribution in [0.15, 0.2) is 205 Å². The molecule has 11 aromatic rings. The van der Waals surface area contributed by atoms with E-state index in [1.807, 2.05) is 6.07 Å². The molecule has 2 aromatic heterocycles. The van der Waals surface area contributed by atoms with E-state index in [0.717, 1.165) is 56.5 Å². The van der Waals surface area contributed by atoms with Gasteiger partial charge < -0.3 is 13.9 Å². The zero-order valence-corrected chi connectivity index (χ0v) is 35.4. The molecule has 2 heterocycles. The largest absolute Gasteiger partial charge is 0.455 e. The van der Waals surface area contributed by atoms with E-state index < -0.39 is 0 Å². The lowest BCUT2D eigenvalue weighted by molar-refractivity contribution is -0.395. The summed E-state index contributed by atoms with van der Waals surface area (Å²) in [7, 11) is 0. The van der Waals surface area contributed by atoms with Gasteiger partial charge in [0.05, 0.1) is 16.7 Å². The highest BCUT2D eigenvalue weighted by Crippen LogP contribution is 2.93. The molecule has 64 heavy (non-hydrogen) atoms. The molecular weight excluding hydrogens is 777 g/mol. The van der Waals surface area contributed by atoms with Crippen molar-refractivity contribution in [2.45, 2.75) is 31.1 Å². The van der Waals surface area contributed by atoms with E-state index in [-0.39, 0.29) is 0 Å². The van der Waals surface area contributed by atoms with Crippen LogP contribution in [0.3, 0.4) is 0 Å². The van der Waals surface area contributed by atoms with E-state index in [1.54, 1.807) is 5.56 Å². The third-order valence-corrected chi connectivity index (χ3v) is 16.8. The molecule has 3 heteroatoms. The third kappa shape index (κ3) is 4.42. The lowest BCUT2D eigenvalue weighted by Gasteiger charge is -2.91. The van der Waals surface area contributed by atoms with Gasteiger partial charge >= 0.3 is 0 Å². The second-order valence-electron chi connectivity index (χ2n) is 19.3. The van der Waals surface area contributed by atoms with Crippen molar-refractivity contribution in [1.82, 2.24) is 4.57 Å². The number of fused-ring (bicyclic) bond motifs is 7. The molecule has 5 atom stereocenters. The van der Waals surface area contributed by atoms with Crippen LogP contribution in [0.4, 0.5) is 17.1 Å². The summed E-state index contributed by atoms with van der Waals surface area (Å²) in [6, 6.07) is 74.1. The van der Waals surface area contributed by atoms with Gasteiger partial charge in [0.2, 0.25) is 0 Å². The Kier molecular flexibility index (Phi) is 6.94. The highest BCUT2D eigenvalue weighted by molar-refractivity contribution is 6.14. The summed E-state index contributed by atoms with van der Waals surface area (Å²) in [6.45, 7) is 0. The fourth-order valence-electron chi connectivity index (χ4n) is 14.3. The SMILES string of the molecule is c1ccc(-n2c3ccccc3c3cc4ccccc4cc32)c(-c2ccc(N(c3ccc(-c4cccc5c4oc4ccccc45)cc3)c3ccccc3[C@]34CC5C[C@H]6C[C@H](C3)C564)cc2)c1. The molecular formula is C61H44N2O. The lowest BCUT2D eigenvalue weighted by atomic mass is 9.12. The van der Waals surface area contributed by atoms with Crippen LogP contribution in [0.25, 0.3) is 82.5 Å². The Hall–Kier alpha value is -7.36. The quantitative estimate of drug-likeness (QED) is 0.160. The van der Waals surface area contributed by atoms with Crippen LogP contribution in [0.2, 0.25) is 0 Å². The van der Waals surface area contributed by atoms with Crippen LogP contribution in [0.1, 0.15) is 31.2 Å². The maximum atomic E-state index is 6.51. The number of nitrogens with zero attached hydrogens (tertiary/aromatic N) is 2. The van der Waals surface area contributed by atoms with Crippen molar-refractivity contribution in [2.75, 3.05) is 4.90 Å². The normalized spacial score (nSPS) is 22.7. The van der Waals surface area contributed by atoms with Gasteiger partial charge in [0.1, 0.15) is 11.2 Å². The minimum Gasteiger partial charge on any atom is -0.455 e. The maximum absolute atomic E-state index is 6.51. The van der Waals surface area contributed by atoms with Crippen molar-refractivity contribution in [1.29, 1.82) is 0 Å². The van der Waals surface area contributed by atoms with Gasteiger partial charge in [-0.15, -0.1) is 0 Å². The molecule has 0 radical (unpaired) electrons. The monoisotopic (exact) mass is 820 g/mol. The molecule has 0 N–H and O–H groups in total. The number of hydrogen-bond acceptors (Lipinski definition) is 2. The molecule has 4 aliphatic rings. The minimum absolute atomic E-state index is 0.307. The van der Waals surface area contributed by atoms with E-state index in [0.29, 0.717) is 10.8 Å². The van der Waals surface area contributed by atoms with Crippen molar-refractivity contribution < 1.29 is 4.42 Å². The molecule has 3 nitrogen and oxygen atoms in total. The summed E-state index contributed by atoms with van der Waals surface area (Å²) in [6.07, 6.45) is 5.61. The molecule has 1 spiro atoms. The summed E-state index contributed by atoms with van der Waals surface area (Å²) in [5, 5.41) is 7.37. The summed E-state index contributed by atoms with van der Waals surface area (Å²) < 4.78 is 8.98. The molecule has 0 aliphatic heterocycles. The maximum Gasteiger partial charge on any atom is 0.143 e. The van der Waals surface area contributed by atoms with Crippen LogP contribution in [-0.2, 0) is 5.41 Å².